The molecule has 2 atom stereocenters. The smallest absolute Gasteiger partial charge is 0.262 e. The number of rotatable bonds is 5. The van der Waals surface area contributed by atoms with Gasteiger partial charge in [-0.2, -0.15) is 0 Å². The van der Waals surface area contributed by atoms with Crippen LogP contribution in [0.2, 0.25) is 0 Å². The first-order chi connectivity index (χ1) is 12.7. The van der Waals surface area contributed by atoms with E-state index < -0.39 is 0 Å². The molecule has 0 unspecified atom stereocenters. The molecule has 0 N–H and O–H groups in total. The lowest BCUT2D eigenvalue weighted by atomic mass is 10.1. The predicted octanol–water partition coefficient (Wildman–Crippen LogP) is 4.28. The largest absolute Gasteiger partial charge is 0.377 e. The number of ether oxygens (including phenoxy) is 1. The summed E-state index contributed by atoms with van der Waals surface area (Å²) in [7, 11) is 0. The Balaban J connectivity index is 1.78. The first-order valence-electron chi connectivity index (χ1n) is 9.04. The molecule has 0 bridgehead atoms. The normalized spacial score (nSPS) is 18.3. The van der Waals surface area contributed by atoms with E-state index in [4.69, 9.17) is 9.72 Å². The van der Waals surface area contributed by atoms with Crippen LogP contribution in [0.5, 0.6) is 0 Å². The van der Waals surface area contributed by atoms with Gasteiger partial charge in [0.2, 0.25) is 0 Å². The quantitative estimate of drug-likeness (QED) is 0.499. The van der Waals surface area contributed by atoms with E-state index in [2.05, 4.69) is 19.1 Å². The molecule has 26 heavy (non-hydrogen) atoms. The maximum Gasteiger partial charge on any atom is 0.262 e. The average Bonchev–Trinajstić information content (AvgIpc) is 3.20. The zero-order valence-electron chi connectivity index (χ0n) is 14.8. The first-order valence-corrected chi connectivity index (χ1v) is 10.0. The number of hydrogen-bond donors (Lipinski definition) is 0. The van der Waals surface area contributed by atoms with Crippen molar-refractivity contribution in [2.75, 3.05) is 12.4 Å². The number of para-hydroxylation sites is 1. The summed E-state index contributed by atoms with van der Waals surface area (Å²) in [4.78, 5) is 18.1. The molecule has 1 fully saturated rings. The predicted molar refractivity (Wildman–Crippen MR) is 106 cm³/mol. The molecule has 1 aliphatic heterocycles. The summed E-state index contributed by atoms with van der Waals surface area (Å²) in [5.74, 6) is 0.826. The standard InChI is InChI=1S/C21H22N2O2S/c1-15(16-8-3-2-4-9-16)23-20(24)18-11-5-6-12-19(18)22-21(23)26-14-17-10-7-13-25-17/h2-6,8-9,11-12,15,17H,7,10,13-14H2,1H3/t15-,17+/m1/s1. The number of hydrogen-bond acceptors (Lipinski definition) is 4. The minimum absolute atomic E-state index is 0.0155. The van der Waals surface area contributed by atoms with Crippen LogP contribution < -0.4 is 5.56 Å². The number of thioether (sulfide) groups is 1. The van der Waals surface area contributed by atoms with Crippen LogP contribution in [-0.2, 0) is 4.74 Å². The monoisotopic (exact) mass is 366 g/mol. The summed E-state index contributed by atoms with van der Waals surface area (Å²) < 4.78 is 7.57. The zero-order valence-corrected chi connectivity index (χ0v) is 15.6. The summed E-state index contributed by atoms with van der Waals surface area (Å²) in [5, 5.41) is 1.43. The van der Waals surface area contributed by atoms with Gasteiger partial charge < -0.3 is 4.74 Å². The number of aromatic nitrogens is 2. The lowest BCUT2D eigenvalue weighted by Gasteiger charge is -2.20. The fourth-order valence-electron chi connectivity index (χ4n) is 3.39. The Morgan fingerprint density at radius 3 is 2.73 bits per heavy atom. The Labute approximate surface area is 157 Å². The van der Waals surface area contributed by atoms with E-state index in [-0.39, 0.29) is 17.7 Å². The van der Waals surface area contributed by atoms with Gasteiger partial charge in [0, 0.05) is 12.4 Å². The van der Waals surface area contributed by atoms with Gasteiger partial charge in [-0.05, 0) is 37.5 Å². The Hall–Kier alpha value is -2.11. The van der Waals surface area contributed by atoms with Crippen LogP contribution >= 0.6 is 11.8 Å². The highest BCUT2D eigenvalue weighted by Gasteiger charge is 2.21. The lowest BCUT2D eigenvalue weighted by Crippen LogP contribution is -2.27. The second-order valence-corrected chi connectivity index (χ2v) is 7.61. The average molecular weight is 366 g/mol. The summed E-state index contributed by atoms with van der Waals surface area (Å²) in [5.41, 5.74) is 1.87. The Morgan fingerprint density at radius 2 is 1.96 bits per heavy atom. The number of nitrogens with zero attached hydrogens (tertiary/aromatic N) is 2. The molecule has 134 valence electrons. The van der Waals surface area contributed by atoms with Crippen molar-refractivity contribution < 1.29 is 4.74 Å². The van der Waals surface area contributed by atoms with E-state index in [1.807, 2.05) is 47.0 Å². The third kappa shape index (κ3) is 3.41. The Morgan fingerprint density at radius 1 is 1.19 bits per heavy atom. The van der Waals surface area contributed by atoms with Crippen LogP contribution in [0.3, 0.4) is 0 Å². The molecule has 0 aliphatic carbocycles. The highest BCUT2D eigenvalue weighted by atomic mass is 32.2. The van der Waals surface area contributed by atoms with Crippen molar-refractivity contribution in [1.82, 2.24) is 9.55 Å². The van der Waals surface area contributed by atoms with Crippen molar-refractivity contribution in [3.05, 3.63) is 70.5 Å². The molecule has 4 rings (SSSR count). The fourth-order valence-corrected chi connectivity index (χ4v) is 4.53. The third-order valence-corrected chi connectivity index (χ3v) is 5.95. The zero-order chi connectivity index (χ0) is 17.9. The molecule has 4 nitrogen and oxygen atoms in total. The summed E-state index contributed by atoms with van der Waals surface area (Å²) in [6.45, 7) is 2.90. The van der Waals surface area contributed by atoms with Crippen LogP contribution in [-0.4, -0.2) is 28.0 Å². The summed E-state index contributed by atoms with van der Waals surface area (Å²) in [6.07, 6.45) is 2.45. The second kappa shape index (κ2) is 7.64. The molecular weight excluding hydrogens is 344 g/mol. The maximum atomic E-state index is 13.2. The molecular formula is C21H22N2O2S. The highest BCUT2D eigenvalue weighted by molar-refractivity contribution is 7.99. The summed E-state index contributed by atoms with van der Waals surface area (Å²) in [6, 6.07) is 17.6. The molecule has 0 radical (unpaired) electrons. The van der Waals surface area contributed by atoms with Gasteiger partial charge in [-0.25, -0.2) is 4.98 Å². The minimum atomic E-state index is -0.0761. The molecule has 0 amide bonds. The van der Waals surface area contributed by atoms with Gasteiger partial charge in [0.15, 0.2) is 5.16 Å². The van der Waals surface area contributed by atoms with Gasteiger partial charge in [-0.15, -0.1) is 0 Å². The van der Waals surface area contributed by atoms with Crippen molar-refractivity contribution in [1.29, 1.82) is 0 Å². The molecule has 0 spiro atoms. The highest BCUT2D eigenvalue weighted by Crippen LogP contribution is 2.27. The van der Waals surface area contributed by atoms with Crippen molar-refractivity contribution in [3.8, 4) is 0 Å². The van der Waals surface area contributed by atoms with Gasteiger partial charge in [0.05, 0.1) is 23.0 Å². The van der Waals surface area contributed by atoms with Crippen LogP contribution in [0.15, 0.2) is 64.5 Å². The Kier molecular flexibility index (Phi) is 5.09. The lowest BCUT2D eigenvalue weighted by molar-refractivity contribution is 0.129. The molecule has 2 aromatic carbocycles. The van der Waals surface area contributed by atoms with Gasteiger partial charge in [0.25, 0.3) is 5.56 Å². The van der Waals surface area contributed by atoms with Crippen molar-refractivity contribution >= 4 is 22.7 Å². The van der Waals surface area contributed by atoms with Crippen LogP contribution in [0.1, 0.15) is 31.4 Å². The van der Waals surface area contributed by atoms with Gasteiger partial charge in [0.1, 0.15) is 0 Å². The molecule has 1 aromatic heterocycles. The molecule has 0 saturated carbocycles. The van der Waals surface area contributed by atoms with Crippen LogP contribution in [0, 0.1) is 0 Å². The van der Waals surface area contributed by atoms with Gasteiger partial charge >= 0.3 is 0 Å². The number of fused-ring (bicyclic) bond motifs is 1. The topological polar surface area (TPSA) is 44.1 Å². The van der Waals surface area contributed by atoms with Crippen molar-refractivity contribution in [2.45, 2.75) is 37.1 Å². The molecule has 1 aliphatic rings. The van der Waals surface area contributed by atoms with E-state index in [0.717, 1.165) is 41.4 Å². The maximum absolute atomic E-state index is 13.2. The van der Waals surface area contributed by atoms with Crippen molar-refractivity contribution in [3.63, 3.8) is 0 Å². The van der Waals surface area contributed by atoms with Gasteiger partial charge in [-0.1, -0.05) is 54.2 Å². The number of benzene rings is 2. The van der Waals surface area contributed by atoms with E-state index in [1.54, 1.807) is 11.8 Å². The second-order valence-electron chi connectivity index (χ2n) is 6.62. The molecule has 1 saturated heterocycles. The van der Waals surface area contributed by atoms with E-state index in [9.17, 15) is 4.79 Å². The molecule has 3 aromatic rings. The van der Waals surface area contributed by atoms with Crippen molar-refractivity contribution in [2.24, 2.45) is 0 Å². The fraction of sp³-hybridized carbons (Fsp3) is 0.333. The van der Waals surface area contributed by atoms with E-state index in [1.165, 1.54) is 0 Å². The third-order valence-electron chi connectivity index (χ3n) is 4.87. The van der Waals surface area contributed by atoms with E-state index >= 15 is 0 Å². The SMILES string of the molecule is C[C@H](c1ccccc1)n1c(SC[C@@H]2CCCO2)nc2ccccc2c1=O. The van der Waals surface area contributed by atoms with Gasteiger partial charge in [-0.3, -0.25) is 9.36 Å². The molecule has 2 heterocycles. The minimum Gasteiger partial charge on any atom is -0.377 e. The van der Waals surface area contributed by atoms with Crippen LogP contribution in [0.25, 0.3) is 10.9 Å². The summed E-state index contributed by atoms with van der Waals surface area (Å²) >= 11 is 1.62. The van der Waals surface area contributed by atoms with Crippen LogP contribution in [0.4, 0.5) is 0 Å². The first kappa shape index (κ1) is 17.3. The van der Waals surface area contributed by atoms with E-state index in [0.29, 0.717) is 5.39 Å². The molecule has 5 heteroatoms. The Bertz CT molecular complexity index is 949.